The molecule has 146 valence electrons. The molecule has 3 aromatic rings. The summed E-state index contributed by atoms with van der Waals surface area (Å²) >= 11 is 6.37. The predicted octanol–water partition coefficient (Wildman–Crippen LogP) is 4.85. The normalized spacial score (nSPS) is 10.8. The minimum Gasteiger partial charge on any atom is -0.424 e. The highest BCUT2D eigenvalue weighted by molar-refractivity contribution is 6.33. The van der Waals surface area contributed by atoms with Crippen LogP contribution < -0.4 is 10.1 Å². The van der Waals surface area contributed by atoms with E-state index in [1.165, 1.54) is 5.56 Å². The summed E-state index contributed by atoms with van der Waals surface area (Å²) in [6, 6.07) is 10.2. The van der Waals surface area contributed by atoms with Crippen LogP contribution in [0.15, 0.2) is 30.3 Å². The summed E-state index contributed by atoms with van der Waals surface area (Å²) in [6.07, 6.45) is 1.61. The van der Waals surface area contributed by atoms with Crippen LogP contribution in [0.25, 0.3) is 0 Å². The van der Waals surface area contributed by atoms with Crippen molar-refractivity contribution in [3.8, 4) is 11.8 Å². The van der Waals surface area contributed by atoms with Gasteiger partial charge in [-0.15, -0.1) is 0 Å². The van der Waals surface area contributed by atoms with Crippen LogP contribution >= 0.6 is 11.6 Å². The lowest BCUT2D eigenvalue weighted by molar-refractivity contribution is 0.438. The van der Waals surface area contributed by atoms with E-state index in [0.29, 0.717) is 22.6 Å². The third kappa shape index (κ3) is 5.16. The van der Waals surface area contributed by atoms with Crippen LogP contribution in [-0.2, 0) is 12.8 Å². The SMILES string of the molecule is CCc1nc(C)nc(NCCc2ccc(Oc3nc(C)cc(C)n3)cc2)c1Cl. The molecule has 3 rings (SSSR count). The van der Waals surface area contributed by atoms with Crippen molar-refractivity contribution in [1.29, 1.82) is 0 Å². The lowest BCUT2D eigenvalue weighted by atomic mass is 10.1. The predicted molar refractivity (Wildman–Crippen MR) is 111 cm³/mol. The lowest BCUT2D eigenvalue weighted by Crippen LogP contribution is -2.09. The number of aromatic nitrogens is 4. The van der Waals surface area contributed by atoms with Crippen molar-refractivity contribution < 1.29 is 4.74 Å². The zero-order chi connectivity index (χ0) is 20.1. The highest BCUT2D eigenvalue weighted by Crippen LogP contribution is 2.23. The van der Waals surface area contributed by atoms with E-state index < -0.39 is 0 Å². The third-order valence-corrected chi connectivity index (χ3v) is 4.56. The molecule has 0 atom stereocenters. The molecule has 7 heteroatoms. The highest BCUT2D eigenvalue weighted by Gasteiger charge is 2.09. The monoisotopic (exact) mass is 397 g/mol. The van der Waals surface area contributed by atoms with Gasteiger partial charge >= 0.3 is 6.01 Å². The molecule has 2 heterocycles. The van der Waals surface area contributed by atoms with E-state index in [4.69, 9.17) is 16.3 Å². The molecule has 0 unspecified atom stereocenters. The second-order valence-electron chi connectivity index (χ2n) is 6.59. The number of nitrogens with one attached hydrogen (secondary N) is 1. The number of ether oxygens (including phenoxy) is 1. The Morgan fingerprint density at radius 2 is 1.64 bits per heavy atom. The summed E-state index contributed by atoms with van der Waals surface area (Å²) in [5.41, 5.74) is 3.82. The van der Waals surface area contributed by atoms with Gasteiger partial charge in [-0.2, -0.15) is 0 Å². The summed E-state index contributed by atoms with van der Waals surface area (Å²) in [7, 11) is 0. The van der Waals surface area contributed by atoms with Gasteiger partial charge < -0.3 is 10.1 Å². The van der Waals surface area contributed by atoms with E-state index in [1.54, 1.807) is 0 Å². The van der Waals surface area contributed by atoms with E-state index >= 15 is 0 Å². The topological polar surface area (TPSA) is 72.8 Å². The minimum atomic E-state index is 0.368. The van der Waals surface area contributed by atoms with Crippen LogP contribution in [0.2, 0.25) is 5.02 Å². The Bertz CT molecular complexity index is 940. The Labute approximate surface area is 170 Å². The standard InChI is InChI=1S/C21H24ClN5O/c1-5-18-19(22)20(27-15(4)26-18)23-11-10-16-6-8-17(9-7-16)28-21-24-13(2)12-14(3)25-21/h6-9,12H,5,10-11H2,1-4H3,(H,23,26,27). The first-order valence-electron chi connectivity index (χ1n) is 9.30. The molecular formula is C21H24ClN5O. The zero-order valence-corrected chi connectivity index (χ0v) is 17.3. The Hall–Kier alpha value is -2.73. The van der Waals surface area contributed by atoms with Gasteiger partial charge in [-0.3, -0.25) is 0 Å². The number of aryl methyl sites for hydroxylation is 4. The van der Waals surface area contributed by atoms with Gasteiger partial charge in [-0.25, -0.2) is 19.9 Å². The largest absolute Gasteiger partial charge is 0.424 e. The molecule has 0 radical (unpaired) electrons. The fraction of sp³-hybridized carbons (Fsp3) is 0.333. The maximum atomic E-state index is 6.37. The maximum Gasteiger partial charge on any atom is 0.322 e. The molecule has 6 nitrogen and oxygen atoms in total. The van der Waals surface area contributed by atoms with Gasteiger partial charge in [0.25, 0.3) is 0 Å². The summed E-state index contributed by atoms with van der Waals surface area (Å²) in [4.78, 5) is 17.4. The van der Waals surface area contributed by atoms with Crippen LogP contribution in [0.1, 0.15) is 35.4 Å². The fourth-order valence-electron chi connectivity index (χ4n) is 2.86. The molecule has 0 spiro atoms. The Morgan fingerprint density at radius 1 is 0.964 bits per heavy atom. The minimum absolute atomic E-state index is 0.368. The van der Waals surface area contributed by atoms with Crippen molar-refractivity contribution in [2.75, 3.05) is 11.9 Å². The Balaban J connectivity index is 1.58. The summed E-state index contributed by atoms with van der Waals surface area (Å²) < 4.78 is 5.75. The maximum absolute atomic E-state index is 6.37. The summed E-state index contributed by atoms with van der Waals surface area (Å²) in [5.74, 6) is 2.13. The average molecular weight is 398 g/mol. The molecular weight excluding hydrogens is 374 g/mol. The highest BCUT2D eigenvalue weighted by atomic mass is 35.5. The number of anilines is 1. The van der Waals surface area contributed by atoms with E-state index in [2.05, 4.69) is 25.3 Å². The van der Waals surface area contributed by atoms with Crippen molar-refractivity contribution in [1.82, 2.24) is 19.9 Å². The molecule has 0 aliphatic rings. The first-order valence-corrected chi connectivity index (χ1v) is 9.68. The number of benzene rings is 1. The van der Waals surface area contributed by atoms with Crippen molar-refractivity contribution in [2.24, 2.45) is 0 Å². The van der Waals surface area contributed by atoms with Crippen LogP contribution in [0.4, 0.5) is 5.82 Å². The van der Waals surface area contributed by atoms with Crippen LogP contribution in [-0.4, -0.2) is 26.5 Å². The Morgan fingerprint density at radius 3 is 2.29 bits per heavy atom. The van der Waals surface area contributed by atoms with E-state index in [-0.39, 0.29) is 0 Å². The van der Waals surface area contributed by atoms with Gasteiger partial charge in [0.15, 0.2) is 0 Å². The summed E-state index contributed by atoms with van der Waals surface area (Å²) in [6.45, 7) is 8.47. The Kier molecular flexibility index (Phi) is 6.41. The molecule has 0 bridgehead atoms. The quantitative estimate of drug-likeness (QED) is 0.614. The van der Waals surface area contributed by atoms with Gasteiger partial charge in [0.05, 0.1) is 5.69 Å². The van der Waals surface area contributed by atoms with E-state index in [0.717, 1.165) is 42.3 Å². The second-order valence-corrected chi connectivity index (χ2v) is 6.97. The molecule has 0 aliphatic heterocycles. The van der Waals surface area contributed by atoms with Crippen molar-refractivity contribution in [3.63, 3.8) is 0 Å². The fourth-order valence-corrected chi connectivity index (χ4v) is 3.15. The molecule has 2 aromatic heterocycles. The molecule has 0 aliphatic carbocycles. The molecule has 28 heavy (non-hydrogen) atoms. The smallest absolute Gasteiger partial charge is 0.322 e. The molecule has 0 amide bonds. The van der Waals surface area contributed by atoms with Crippen molar-refractivity contribution in [3.05, 3.63) is 63.8 Å². The van der Waals surface area contributed by atoms with Crippen LogP contribution in [0.5, 0.6) is 11.8 Å². The number of nitrogens with zero attached hydrogens (tertiary/aromatic N) is 4. The molecule has 0 saturated carbocycles. The zero-order valence-electron chi connectivity index (χ0n) is 16.6. The van der Waals surface area contributed by atoms with Gasteiger partial charge in [0.1, 0.15) is 22.4 Å². The first kappa shape index (κ1) is 20.0. The number of halogens is 1. The van der Waals surface area contributed by atoms with Gasteiger partial charge in [-0.1, -0.05) is 30.7 Å². The molecule has 1 N–H and O–H groups in total. The average Bonchev–Trinajstić information content (AvgIpc) is 2.64. The molecule has 0 fully saturated rings. The molecule has 0 saturated heterocycles. The van der Waals surface area contributed by atoms with E-state index in [1.807, 2.05) is 58.0 Å². The van der Waals surface area contributed by atoms with Crippen LogP contribution in [0.3, 0.4) is 0 Å². The second kappa shape index (κ2) is 8.97. The lowest BCUT2D eigenvalue weighted by Gasteiger charge is -2.11. The number of hydrogen-bond acceptors (Lipinski definition) is 6. The summed E-state index contributed by atoms with van der Waals surface area (Å²) in [5, 5.41) is 3.91. The molecule has 1 aromatic carbocycles. The van der Waals surface area contributed by atoms with Crippen LogP contribution in [0, 0.1) is 20.8 Å². The van der Waals surface area contributed by atoms with E-state index in [9.17, 15) is 0 Å². The first-order chi connectivity index (χ1) is 13.4. The van der Waals surface area contributed by atoms with Crippen molar-refractivity contribution >= 4 is 17.4 Å². The number of rotatable bonds is 7. The van der Waals surface area contributed by atoms with Gasteiger partial charge in [0, 0.05) is 17.9 Å². The van der Waals surface area contributed by atoms with Gasteiger partial charge in [-0.05, 0) is 57.4 Å². The number of hydrogen-bond donors (Lipinski definition) is 1. The van der Waals surface area contributed by atoms with Crippen molar-refractivity contribution in [2.45, 2.75) is 40.5 Å². The third-order valence-electron chi connectivity index (χ3n) is 4.17. The van der Waals surface area contributed by atoms with Gasteiger partial charge in [0.2, 0.25) is 0 Å².